The molecule has 3 rings (SSSR count). The number of hydrogen-bond acceptors (Lipinski definition) is 5. The predicted octanol–water partition coefficient (Wildman–Crippen LogP) is 3.43. The average molecular weight is 339 g/mol. The number of fused-ring (bicyclic) bond motifs is 1. The Kier molecular flexibility index (Phi) is 4.17. The number of benzene rings is 2. The molecule has 1 aliphatic rings. The smallest absolute Gasteiger partial charge is 0.189 e. The van der Waals surface area contributed by atoms with Gasteiger partial charge in [-0.3, -0.25) is 4.79 Å². The van der Waals surface area contributed by atoms with E-state index >= 15 is 0 Å². The molecule has 0 amide bonds. The van der Waals surface area contributed by atoms with Gasteiger partial charge in [-0.1, -0.05) is 0 Å². The summed E-state index contributed by atoms with van der Waals surface area (Å²) in [6.07, 6.45) is 2.29. The van der Waals surface area contributed by atoms with Gasteiger partial charge in [0.2, 0.25) is 0 Å². The van der Waals surface area contributed by atoms with Gasteiger partial charge in [-0.2, -0.15) is 0 Å². The summed E-state index contributed by atoms with van der Waals surface area (Å²) < 4.78 is 10.6. The molecule has 0 aliphatic heterocycles. The van der Waals surface area contributed by atoms with Gasteiger partial charge in [-0.25, -0.2) is 0 Å². The van der Waals surface area contributed by atoms with Crippen molar-refractivity contribution in [1.29, 1.82) is 0 Å². The highest BCUT2D eigenvalue weighted by atomic mass is 16.5. The SMILES string of the molecule is COc1cc2c(c(N)c1OC)C/C(=C\c1cc(C)c(O)c(C)c1)C2=O. The molecule has 2 aromatic carbocycles. The zero-order valence-electron chi connectivity index (χ0n) is 14.8. The first-order valence-electron chi connectivity index (χ1n) is 7.96. The number of nitrogen functional groups attached to an aromatic ring is 1. The van der Waals surface area contributed by atoms with Crippen molar-refractivity contribution in [1.82, 2.24) is 0 Å². The van der Waals surface area contributed by atoms with E-state index in [1.807, 2.05) is 32.1 Å². The minimum absolute atomic E-state index is 0.0639. The molecule has 1 aliphatic carbocycles. The van der Waals surface area contributed by atoms with Crippen LogP contribution in [0.4, 0.5) is 5.69 Å². The van der Waals surface area contributed by atoms with Crippen LogP contribution in [0.25, 0.3) is 6.08 Å². The minimum atomic E-state index is -0.0639. The Morgan fingerprint density at radius 2 is 1.76 bits per heavy atom. The van der Waals surface area contributed by atoms with Gasteiger partial charge in [0, 0.05) is 17.6 Å². The van der Waals surface area contributed by atoms with Gasteiger partial charge in [-0.05, 0) is 60.4 Å². The van der Waals surface area contributed by atoms with Crippen molar-refractivity contribution in [2.24, 2.45) is 0 Å². The first kappa shape index (κ1) is 16.9. The van der Waals surface area contributed by atoms with Crippen LogP contribution in [-0.2, 0) is 6.42 Å². The van der Waals surface area contributed by atoms with Crippen LogP contribution in [0.3, 0.4) is 0 Å². The molecule has 3 N–H and O–H groups in total. The maximum absolute atomic E-state index is 12.8. The number of aromatic hydroxyl groups is 1. The lowest BCUT2D eigenvalue weighted by Gasteiger charge is -2.13. The summed E-state index contributed by atoms with van der Waals surface area (Å²) in [6.45, 7) is 3.67. The summed E-state index contributed by atoms with van der Waals surface area (Å²) in [5.41, 5.74) is 11.0. The molecule has 0 radical (unpaired) electrons. The lowest BCUT2D eigenvalue weighted by atomic mass is 10.0. The third kappa shape index (κ3) is 2.71. The lowest BCUT2D eigenvalue weighted by molar-refractivity contribution is 0.104. The van der Waals surface area contributed by atoms with E-state index in [1.165, 1.54) is 14.2 Å². The molecule has 0 atom stereocenters. The van der Waals surface area contributed by atoms with Crippen molar-refractivity contribution in [3.05, 3.63) is 51.6 Å². The normalized spacial score (nSPS) is 14.7. The molecule has 0 bridgehead atoms. The molecule has 0 spiro atoms. The second-order valence-corrected chi connectivity index (χ2v) is 6.23. The zero-order valence-corrected chi connectivity index (χ0v) is 14.8. The third-order valence-corrected chi connectivity index (χ3v) is 4.58. The van der Waals surface area contributed by atoms with Crippen LogP contribution >= 0.6 is 0 Å². The first-order chi connectivity index (χ1) is 11.9. The van der Waals surface area contributed by atoms with Gasteiger partial charge in [0.15, 0.2) is 17.3 Å². The van der Waals surface area contributed by atoms with Crippen LogP contribution in [0.15, 0.2) is 23.8 Å². The maximum Gasteiger partial charge on any atom is 0.189 e. The second-order valence-electron chi connectivity index (χ2n) is 6.23. The summed E-state index contributed by atoms with van der Waals surface area (Å²) in [5.74, 6) is 1.12. The highest BCUT2D eigenvalue weighted by molar-refractivity contribution is 6.17. The summed E-state index contributed by atoms with van der Waals surface area (Å²) in [6, 6.07) is 5.40. The Bertz CT molecular complexity index is 889. The summed E-state index contributed by atoms with van der Waals surface area (Å²) >= 11 is 0. The fourth-order valence-corrected chi connectivity index (χ4v) is 3.29. The zero-order chi connectivity index (χ0) is 18.3. The predicted molar refractivity (Wildman–Crippen MR) is 97.6 cm³/mol. The van der Waals surface area contributed by atoms with Gasteiger partial charge >= 0.3 is 0 Å². The van der Waals surface area contributed by atoms with Crippen LogP contribution in [0, 0.1) is 13.8 Å². The Morgan fingerprint density at radius 3 is 2.32 bits per heavy atom. The second kappa shape index (κ2) is 6.16. The Balaban J connectivity index is 2.08. The molecule has 0 fully saturated rings. The average Bonchev–Trinajstić information content (AvgIpc) is 2.89. The number of aryl methyl sites for hydroxylation is 2. The van der Waals surface area contributed by atoms with Gasteiger partial charge in [0.25, 0.3) is 0 Å². The Labute approximate surface area is 146 Å². The topological polar surface area (TPSA) is 81.8 Å². The number of phenols is 1. The summed E-state index contributed by atoms with van der Waals surface area (Å²) in [7, 11) is 3.04. The summed E-state index contributed by atoms with van der Waals surface area (Å²) in [5, 5.41) is 9.91. The fraction of sp³-hybridized carbons (Fsp3) is 0.250. The molecule has 0 saturated heterocycles. The highest BCUT2D eigenvalue weighted by Gasteiger charge is 2.30. The number of nitrogens with two attached hydrogens (primary N) is 1. The van der Waals surface area contributed by atoms with Gasteiger partial charge in [0.1, 0.15) is 5.75 Å². The molecule has 25 heavy (non-hydrogen) atoms. The number of carbonyl (C=O) groups is 1. The Hall–Kier alpha value is -2.95. The molecular formula is C20H21NO4. The molecule has 130 valence electrons. The number of ketones is 1. The van der Waals surface area contributed by atoms with Gasteiger partial charge < -0.3 is 20.3 Å². The van der Waals surface area contributed by atoms with Crippen LogP contribution < -0.4 is 15.2 Å². The van der Waals surface area contributed by atoms with Crippen molar-refractivity contribution in [3.63, 3.8) is 0 Å². The number of rotatable bonds is 3. The number of Topliss-reactive ketones (excluding diaryl/α,β-unsaturated/α-hetero) is 1. The molecular weight excluding hydrogens is 318 g/mol. The molecule has 0 unspecified atom stereocenters. The van der Waals surface area contributed by atoms with Crippen molar-refractivity contribution in [3.8, 4) is 17.2 Å². The van der Waals surface area contributed by atoms with E-state index in [2.05, 4.69) is 0 Å². The number of carbonyl (C=O) groups excluding carboxylic acids is 1. The van der Waals surface area contributed by atoms with Crippen molar-refractivity contribution in [2.75, 3.05) is 20.0 Å². The molecule has 0 heterocycles. The van der Waals surface area contributed by atoms with E-state index in [1.54, 1.807) is 6.07 Å². The monoisotopic (exact) mass is 339 g/mol. The summed E-state index contributed by atoms with van der Waals surface area (Å²) in [4.78, 5) is 12.8. The minimum Gasteiger partial charge on any atom is -0.507 e. The third-order valence-electron chi connectivity index (χ3n) is 4.58. The number of anilines is 1. The number of hydrogen-bond donors (Lipinski definition) is 2. The van der Waals surface area contributed by atoms with Crippen molar-refractivity contribution < 1.29 is 19.4 Å². The van der Waals surface area contributed by atoms with Gasteiger partial charge in [0.05, 0.1) is 19.9 Å². The number of ether oxygens (including phenoxy) is 2. The van der Waals surface area contributed by atoms with Crippen molar-refractivity contribution in [2.45, 2.75) is 20.3 Å². The number of phenolic OH excluding ortho intramolecular Hbond substituents is 1. The largest absolute Gasteiger partial charge is 0.507 e. The molecule has 5 nitrogen and oxygen atoms in total. The van der Waals surface area contributed by atoms with Crippen LogP contribution in [-0.4, -0.2) is 25.1 Å². The van der Waals surface area contributed by atoms with E-state index in [-0.39, 0.29) is 11.5 Å². The van der Waals surface area contributed by atoms with Crippen LogP contribution in [0.5, 0.6) is 17.2 Å². The van der Waals surface area contributed by atoms with E-state index < -0.39 is 0 Å². The highest BCUT2D eigenvalue weighted by Crippen LogP contribution is 2.43. The van der Waals surface area contributed by atoms with E-state index in [0.717, 1.165) is 22.3 Å². The van der Waals surface area contributed by atoms with E-state index in [0.29, 0.717) is 34.7 Å². The molecule has 0 saturated carbocycles. The van der Waals surface area contributed by atoms with Gasteiger partial charge in [-0.15, -0.1) is 0 Å². The molecule has 5 heteroatoms. The van der Waals surface area contributed by atoms with E-state index in [4.69, 9.17) is 15.2 Å². The fourth-order valence-electron chi connectivity index (χ4n) is 3.29. The van der Waals surface area contributed by atoms with Crippen LogP contribution in [0.1, 0.15) is 32.6 Å². The van der Waals surface area contributed by atoms with Crippen molar-refractivity contribution >= 4 is 17.5 Å². The maximum atomic E-state index is 12.8. The van der Waals surface area contributed by atoms with E-state index in [9.17, 15) is 9.90 Å². The molecule has 2 aromatic rings. The molecule has 0 aromatic heterocycles. The number of methoxy groups -OCH3 is 2. The Morgan fingerprint density at radius 1 is 1.12 bits per heavy atom. The quantitative estimate of drug-likeness (QED) is 0.661. The number of allylic oxidation sites excluding steroid dienone is 1. The van der Waals surface area contributed by atoms with Crippen LogP contribution in [0.2, 0.25) is 0 Å². The first-order valence-corrected chi connectivity index (χ1v) is 7.96. The standard InChI is InChI=1S/C20H21NO4/c1-10-5-12(6-11(2)18(10)22)7-13-8-14-15(19(13)23)9-16(24-3)20(25-4)17(14)21/h5-7,9,22H,8,21H2,1-4H3/b13-7+. The lowest BCUT2D eigenvalue weighted by Crippen LogP contribution is -2.02.